The first-order valence-electron chi connectivity index (χ1n) is 7.78. The van der Waals surface area contributed by atoms with Gasteiger partial charge in [0.05, 0.1) is 31.5 Å². The third kappa shape index (κ3) is 5.29. The number of carbonyl (C=O) groups is 1. The molecule has 0 spiro atoms. The van der Waals surface area contributed by atoms with Gasteiger partial charge in [0.1, 0.15) is 11.5 Å². The van der Waals surface area contributed by atoms with Crippen molar-refractivity contribution in [2.24, 2.45) is 10.7 Å². The Hall–Kier alpha value is -2.93. The Morgan fingerprint density at radius 3 is 2.42 bits per heavy atom. The lowest BCUT2D eigenvalue weighted by Crippen LogP contribution is -2.22. The molecule has 0 bridgehead atoms. The van der Waals surface area contributed by atoms with Gasteiger partial charge in [-0.3, -0.25) is 4.79 Å². The number of nitrogens with two attached hydrogens (primary N) is 1. The zero-order valence-electron chi connectivity index (χ0n) is 14.8. The number of hydrogen-bond acceptors (Lipinski definition) is 4. The molecule has 0 aliphatic heterocycles. The summed E-state index contributed by atoms with van der Waals surface area (Å²) in [5.41, 5.74) is 8.07. The molecule has 7 nitrogen and oxygen atoms in total. The van der Waals surface area contributed by atoms with E-state index in [1.807, 2.05) is 6.07 Å². The molecule has 0 saturated heterocycles. The largest absolute Gasteiger partial charge is 0.495 e. The van der Waals surface area contributed by atoms with Crippen LogP contribution in [0.1, 0.15) is 12.5 Å². The number of amides is 1. The lowest BCUT2D eigenvalue weighted by Gasteiger charge is -2.11. The van der Waals surface area contributed by atoms with Gasteiger partial charge >= 0.3 is 0 Å². The highest BCUT2D eigenvalue weighted by atomic mass is 35.5. The Labute approximate surface area is 157 Å². The fraction of sp³-hybridized carbons (Fsp3) is 0.222. The van der Waals surface area contributed by atoms with E-state index in [-0.39, 0.29) is 11.9 Å². The minimum Gasteiger partial charge on any atom is -0.495 e. The Balaban J connectivity index is 2.08. The van der Waals surface area contributed by atoms with Crippen molar-refractivity contribution in [3.63, 3.8) is 0 Å². The van der Waals surface area contributed by atoms with E-state index in [0.717, 1.165) is 5.56 Å². The van der Waals surface area contributed by atoms with Crippen LogP contribution >= 0.6 is 11.6 Å². The monoisotopic (exact) mass is 376 g/mol. The van der Waals surface area contributed by atoms with Crippen LogP contribution in [-0.4, -0.2) is 26.1 Å². The van der Waals surface area contributed by atoms with E-state index in [4.69, 9.17) is 26.8 Å². The van der Waals surface area contributed by atoms with E-state index in [0.29, 0.717) is 34.4 Å². The van der Waals surface area contributed by atoms with Gasteiger partial charge in [0.2, 0.25) is 5.91 Å². The molecule has 2 rings (SSSR count). The molecule has 2 aromatic carbocycles. The summed E-state index contributed by atoms with van der Waals surface area (Å²) in [6.45, 7) is 1.77. The van der Waals surface area contributed by atoms with Crippen molar-refractivity contribution in [3.8, 4) is 11.5 Å². The highest BCUT2D eigenvalue weighted by Gasteiger charge is 2.06. The number of ether oxygens (including phenoxy) is 2. The smallest absolute Gasteiger partial charge is 0.221 e. The van der Waals surface area contributed by atoms with E-state index >= 15 is 0 Å². The maximum absolute atomic E-state index is 11.3. The van der Waals surface area contributed by atoms with E-state index in [1.54, 1.807) is 44.6 Å². The quantitative estimate of drug-likeness (QED) is 0.531. The Morgan fingerprint density at radius 1 is 1.12 bits per heavy atom. The zero-order chi connectivity index (χ0) is 19.1. The predicted molar refractivity (Wildman–Crippen MR) is 104 cm³/mol. The molecule has 8 heteroatoms. The van der Waals surface area contributed by atoms with Crippen LogP contribution in [0.2, 0.25) is 5.02 Å². The van der Waals surface area contributed by atoms with Crippen LogP contribution in [-0.2, 0) is 11.3 Å². The van der Waals surface area contributed by atoms with Gasteiger partial charge in [-0.15, -0.1) is 0 Å². The first kappa shape index (κ1) is 19.4. The van der Waals surface area contributed by atoms with Crippen molar-refractivity contribution in [1.29, 1.82) is 0 Å². The SMILES string of the molecule is COc1ccc(NC(N)=NCc2ccc(OC)c(NC(C)=O)c2)cc1Cl. The summed E-state index contributed by atoms with van der Waals surface area (Å²) in [5.74, 6) is 1.22. The molecule has 0 aliphatic carbocycles. The van der Waals surface area contributed by atoms with Crippen molar-refractivity contribution in [2.45, 2.75) is 13.5 Å². The summed E-state index contributed by atoms with van der Waals surface area (Å²) in [7, 11) is 3.09. The van der Waals surface area contributed by atoms with Gasteiger partial charge in [-0.1, -0.05) is 17.7 Å². The second-order valence-electron chi connectivity index (χ2n) is 5.39. The normalized spacial score (nSPS) is 11.0. The van der Waals surface area contributed by atoms with Crippen molar-refractivity contribution >= 4 is 34.8 Å². The molecule has 0 radical (unpaired) electrons. The van der Waals surface area contributed by atoms with Crippen molar-refractivity contribution in [3.05, 3.63) is 47.0 Å². The number of aliphatic imine (C=N–C) groups is 1. The third-order valence-corrected chi connectivity index (χ3v) is 3.73. The lowest BCUT2D eigenvalue weighted by molar-refractivity contribution is -0.114. The molecule has 138 valence electrons. The number of hydrogen-bond donors (Lipinski definition) is 3. The summed E-state index contributed by atoms with van der Waals surface area (Å²) < 4.78 is 10.3. The van der Waals surface area contributed by atoms with Crippen molar-refractivity contribution < 1.29 is 14.3 Å². The second kappa shape index (κ2) is 8.96. The minimum atomic E-state index is -0.179. The summed E-state index contributed by atoms with van der Waals surface area (Å²) in [5, 5.41) is 6.16. The van der Waals surface area contributed by atoms with Crippen molar-refractivity contribution in [2.75, 3.05) is 24.9 Å². The van der Waals surface area contributed by atoms with Gasteiger partial charge in [0.25, 0.3) is 0 Å². The number of benzene rings is 2. The maximum atomic E-state index is 11.3. The number of nitrogens with one attached hydrogen (secondary N) is 2. The molecule has 0 saturated carbocycles. The summed E-state index contributed by atoms with van der Waals surface area (Å²) in [4.78, 5) is 15.6. The van der Waals surface area contributed by atoms with Crippen LogP contribution in [0.5, 0.6) is 11.5 Å². The van der Waals surface area contributed by atoms with E-state index in [1.165, 1.54) is 6.92 Å². The Morgan fingerprint density at radius 2 is 1.81 bits per heavy atom. The molecular formula is C18H21ClN4O3. The highest BCUT2D eigenvalue weighted by Crippen LogP contribution is 2.27. The Bertz CT molecular complexity index is 824. The first-order chi connectivity index (χ1) is 12.4. The van der Waals surface area contributed by atoms with E-state index < -0.39 is 0 Å². The maximum Gasteiger partial charge on any atom is 0.221 e. The van der Waals surface area contributed by atoms with Crippen LogP contribution in [0, 0.1) is 0 Å². The number of guanidine groups is 1. The van der Waals surface area contributed by atoms with Crippen LogP contribution in [0.15, 0.2) is 41.4 Å². The van der Waals surface area contributed by atoms with Crippen LogP contribution < -0.4 is 25.8 Å². The molecule has 0 heterocycles. The number of carbonyl (C=O) groups excluding carboxylic acids is 1. The van der Waals surface area contributed by atoms with E-state index in [2.05, 4.69) is 15.6 Å². The number of rotatable bonds is 6. The van der Waals surface area contributed by atoms with Crippen LogP contribution in [0.25, 0.3) is 0 Å². The average Bonchev–Trinajstić information content (AvgIpc) is 2.60. The lowest BCUT2D eigenvalue weighted by atomic mass is 10.2. The topological polar surface area (TPSA) is 98.0 Å². The zero-order valence-corrected chi connectivity index (χ0v) is 15.6. The van der Waals surface area contributed by atoms with Gasteiger partial charge in [-0.25, -0.2) is 4.99 Å². The molecule has 0 unspecified atom stereocenters. The summed E-state index contributed by atoms with van der Waals surface area (Å²) in [6, 6.07) is 10.6. The fourth-order valence-electron chi connectivity index (χ4n) is 2.25. The van der Waals surface area contributed by atoms with Crippen LogP contribution in [0.3, 0.4) is 0 Å². The first-order valence-corrected chi connectivity index (χ1v) is 8.15. The van der Waals surface area contributed by atoms with Gasteiger partial charge in [-0.05, 0) is 35.9 Å². The van der Waals surface area contributed by atoms with Crippen molar-refractivity contribution in [1.82, 2.24) is 0 Å². The highest BCUT2D eigenvalue weighted by molar-refractivity contribution is 6.32. The average molecular weight is 377 g/mol. The standard InChI is InChI=1S/C18H21ClN4O3/c1-11(24)22-15-8-12(4-6-17(15)26-3)10-21-18(20)23-13-5-7-16(25-2)14(19)9-13/h4-9H,10H2,1-3H3,(H,22,24)(H3,20,21,23). The molecular weight excluding hydrogens is 356 g/mol. The molecule has 26 heavy (non-hydrogen) atoms. The summed E-state index contributed by atoms with van der Waals surface area (Å²) in [6.07, 6.45) is 0. The van der Waals surface area contributed by atoms with E-state index in [9.17, 15) is 4.79 Å². The van der Waals surface area contributed by atoms with Gasteiger partial charge in [0.15, 0.2) is 5.96 Å². The van der Waals surface area contributed by atoms with Gasteiger partial charge < -0.3 is 25.8 Å². The molecule has 0 aliphatic rings. The fourth-order valence-corrected chi connectivity index (χ4v) is 2.51. The predicted octanol–water partition coefficient (Wildman–Crippen LogP) is 3.24. The minimum absolute atomic E-state index is 0.179. The molecule has 0 fully saturated rings. The number of halogens is 1. The molecule has 0 aromatic heterocycles. The number of methoxy groups -OCH3 is 2. The molecule has 2 aromatic rings. The number of nitrogens with zero attached hydrogens (tertiary/aromatic N) is 1. The summed E-state index contributed by atoms with van der Waals surface area (Å²) >= 11 is 6.08. The molecule has 0 atom stereocenters. The van der Waals surface area contributed by atoms with Gasteiger partial charge in [-0.2, -0.15) is 0 Å². The number of anilines is 2. The second-order valence-corrected chi connectivity index (χ2v) is 5.80. The van der Waals surface area contributed by atoms with Gasteiger partial charge in [0, 0.05) is 12.6 Å². The Kier molecular flexibility index (Phi) is 6.68. The molecule has 1 amide bonds. The molecule has 4 N–H and O–H groups in total. The third-order valence-electron chi connectivity index (χ3n) is 3.43. The van der Waals surface area contributed by atoms with Crippen LogP contribution in [0.4, 0.5) is 11.4 Å².